The van der Waals surface area contributed by atoms with Gasteiger partial charge in [0, 0.05) is 11.6 Å². The highest BCUT2D eigenvalue weighted by Crippen LogP contribution is 2.42. The van der Waals surface area contributed by atoms with Crippen LogP contribution in [0, 0.1) is 0 Å². The molecule has 180 valence electrons. The molecular formula is C27H31O6P. The SMILES string of the molecule is CCCc1cc(OC)ccc1C(=O)c1ccc(OC)cc1OP(O)Oc1ccccc1C(C)C. The number of ketones is 1. The monoisotopic (exact) mass is 482 g/mol. The smallest absolute Gasteiger partial charge is 0.460 e. The third kappa shape index (κ3) is 6.07. The summed E-state index contributed by atoms with van der Waals surface area (Å²) >= 11 is 0. The average Bonchev–Trinajstić information content (AvgIpc) is 2.83. The van der Waals surface area contributed by atoms with Gasteiger partial charge in [-0.25, -0.2) is 0 Å². The minimum Gasteiger partial charge on any atom is -0.497 e. The fraction of sp³-hybridized carbons (Fsp3) is 0.296. The zero-order valence-corrected chi connectivity index (χ0v) is 21.1. The summed E-state index contributed by atoms with van der Waals surface area (Å²) in [5, 5.41) is 0. The number of hydrogen-bond donors (Lipinski definition) is 1. The van der Waals surface area contributed by atoms with Gasteiger partial charge in [-0.05, 0) is 59.9 Å². The molecule has 3 aromatic rings. The van der Waals surface area contributed by atoms with E-state index in [1.165, 1.54) is 7.11 Å². The van der Waals surface area contributed by atoms with Crippen LogP contribution in [0.1, 0.15) is 60.2 Å². The number of hydrogen-bond acceptors (Lipinski definition) is 6. The summed E-state index contributed by atoms with van der Waals surface area (Å²) in [6, 6.07) is 17.8. The van der Waals surface area contributed by atoms with Crippen LogP contribution in [0.5, 0.6) is 23.0 Å². The number of para-hydroxylation sites is 1. The second-order valence-electron chi connectivity index (χ2n) is 8.08. The van der Waals surface area contributed by atoms with Gasteiger partial charge in [0.25, 0.3) is 0 Å². The molecule has 0 radical (unpaired) electrons. The Morgan fingerprint density at radius 2 is 1.50 bits per heavy atom. The minimum atomic E-state index is -2.35. The molecule has 3 rings (SSSR count). The second-order valence-corrected chi connectivity index (χ2v) is 8.92. The largest absolute Gasteiger partial charge is 0.497 e. The lowest BCUT2D eigenvalue weighted by atomic mass is 9.95. The lowest BCUT2D eigenvalue weighted by molar-refractivity contribution is 0.103. The topological polar surface area (TPSA) is 74.2 Å². The molecule has 34 heavy (non-hydrogen) atoms. The summed E-state index contributed by atoms with van der Waals surface area (Å²) in [7, 11) is 0.777. The number of carbonyl (C=O) groups is 1. The van der Waals surface area contributed by atoms with Gasteiger partial charge in [0.1, 0.15) is 23.0 Å². The van der Waals surface area contributed by atoms with Crippen LogP contribution in [-0.2, 0) is 6.42 Å². The van der Waals surface area contributed by atoms with Crippen molar-refractivity contribution in [3.8, 4) is 23.0 Å². The van der Waals surface area contributed by atoms with Crippen LogP contribution < -0.4 is 18.5 Å². The van der Waals surface area contributed by atoms with Gasteiger partial charge in [-0.3, -0.25) is 4.79 Å². The first-order chi connectivity index (χ1) is 16.4. The number of aryl methyl sites for hydroxylation is 1. The van der Waals surface area contributed by atoms with Gasteiger partial charge in [0.15, 0.2) is 5.78 Å². The summed E-state index contributed by atoms with van der Waals surface area (Å²) in [6.45, 7) is 6.15. The average molecular weight is 483 g/mol. The van der Waals surface area contributed by atoms with Gasteiger partial charge in [0.2, 0.25) is 0 Å². The molecule has 0 spiro atoms. The zero-order valence-electron chi connectivity index (χ0n) is 20.2. The van der Waals surface area contributed by atoms with E-state index in [2.05, 4.69) is 6.92 Å². The van der Waals surface area contributed by atoms with Crippen molar-refractivity contribution in [3.63, 3.8) is 0 Å². The molecule has 1 atom stereocenters. The Morgan fingerprint density at radius 3 is 2.15 bits per heavy atom. The van der Waals surface area contributed by atoms with E-state index in [0.717, 1.165) is 24.0 Å². The lowest BCUT2D eigenvalue weighted by Gasteiger charge is -2.18. The Kier molecular flexibility index (Phi) is 8.91. The summed E-state index contributed by atoms with van der Waals surface area (Å²) < 4.78 is 22.2. The van der Waals surface area contributed by atoms with Gasteiger partial charge >= 0.3 is 8.60 Å². The summed E-state index contributed by atoms with van der Waals surface area (Å²) in [5.41, 5.74) is 2.72. The van der Waals surface area contributed by atoms with Crippen LogP contribution in [0.15, 0.2) is 60.7 Å². The van der Waals surface area contributed by atoms with Gasteiger partial charge < -0.3 is 23.4 Å². The second kappa shape index (κ2) is 11.9. The molecule has 7 heteroatoms. The first-order valence-corrected chi connectivity index (χ1v) is 12.3. The molecule has 0 aliphatic heterocycles. The molecule has 6 nitrogen and oxygen atoms in total. The van der Waals surface area contributed by atoms with Crippen LogP contribution in [0.3, 0.4) is 0 Å². The first kappa shape index (κ1) is 25.5. The molecule has 1 N–H and O–H groups in total. The Hall–Kier alpha value is -3.08. The molecule has 3 aromatic carbocycles. The Balaban J connectivity index is 1.93. The first-order valence-electron chi connectivity index (χ1n) is 11.2. The Morgan fingerprint density at radius 1 is 0.882 bits per heavy atom. The maximum Gasteiger partial charge on any atom is 0.460 e. The Bertz CT molecular complexity index is 1130. The van der Waals surface area contributed by atoms with E-state index in [4.69, 9.17) is 18.5 Å². The molecule has 1 unspecified atom stereocenters. The van der Waals surface area contributed by atoms with E-state index in [-0.39, 0.29) is 17.5 Å². The van der Waals surface area contributed by atoms with Crippen LogP contribution >= 0.6 is 8.60 Å². The zero-order chi connectivity index (χ0) is 24.7. The maximum absolute atomic E-state index is 13.6. The van der Waals surface area contributed by atoms with Crippen molar-refractivity contribution in [2.45, 2.75) is 39.5 Å². The lowest BCUT2D eigenvalue weighted by Crippen LogP contribution is -2.09. The third-order valence-electron chi connectivity index (χ3n) is 5.40. The predicted molar refractivity (Wildman–Crippen MR) is 134 cm³/mol. The number of carbonyl (C=O) groups excluding carboxylic acids is 1. The fourth-order valence-corrected chi connectivity index (χ4v) is 4.35. The van der Waals surface area contributed by atoms with Gasteiger partial charge in [0.05, 0.1) is 19.8 Å². The van der Waals surface area contributed by atoms with Crippen molar-refractivity contribution in [1.82, 2.24) is 0 Å². The molecule has 0 amide bonds. The van der Waals surface area contributed by atoms with E-state index in [0.29, 0.717) is 28.4 Å². The molecule has 0 aliphatic rings. The Labute approximate surface area is 202 Å². The quantitative estimate of drug-likeness (QED) is 0.243. The van der Waals surface area contributed by atoms with Crippen LogP contribution in [0.4, 0.5) is 0 Å². The summed E-state index contributed by atoms with van der Waals surface area (Å²) in [4.78, 5) is 24.2. The van der Waals surface area contributed by atoms with Crippen LogP contribution in [-0.4, -0.2) is 24.9 Å². The minimum absolute atomic E-state index is 0.193. The maximum atomic E-state index is 13.6. The summed E-state index contributed by atoms with van der Waals surface area (Å²) in [5.74, 6) is 1.93. The molecule has 0 heterocycles. The molecule has 0 aromatic heterocycles. The molecule has 0 saturated carbocycles. The van der Waals surface area contributed by atoms with E-state index < -0.39 is 8.60 Å². The number of rotatable bonds is 11. The van der Waals surface area contributed by atoms with Crippen LogP contribution in [0.25, 0.3) is 0 Å². The van der Waals surface area contributed by atoms with Gasteiger partial charge in [-0.15, -0.1) is 0 Å². The van der Waals surface area contributed by atoms with Gasteiger partial charge in [-0.2, -0.15) is 0 Å². The summed E-state index contributed by atoms with van der Waals surface area (Å²) in [6.07, 6.45) is 1.61. The number of methoxy groups -OCH3 is 2. The van der Waals surface area contributed by atoms with Crippen molar-refractivity contribution in [1.29, 1.82) is 0 Å². The normalized spacial score (nSPS) is 11.7. The highest BCUT2D eigenvalue weighted by atomic mass is 31.2. The number of benzene rings is 3. The van der Waals surface area contributed by atoms with E-state index in [1.54, 1.807) is 43.5 Å². The fourth-order valence-electron chi connectivity index (χ4n) is 3.66. The molecule has 0 saturated heterocycles. The highest BCUT2D eigenvalue weighted by Gasteiger charge is 2.23. The van der Waals surface area contributed by atoms with Crippen molar-refractivity contribution in [2.75, 3.05) is 14.2 Å². The van der Waals surface area contributed by atoms with Crippen molar-refractivity contribution in [3.05, 3.63) is 82.9 Å². The standard InChI is InChI=1S/C27H31O6P/c1-6-9-19-16-20(30-4)12-14-23(19)27(28)24-15-13-21(31-5)17-26(24)33-34(29)32-25-11-8-7-10-22(25)18(2)3/h7-8,10-18,29H,6,9H2,1-5H3. The van der Waals surface area contributed by atoms with Crippen molar-refractivity contribution in [2.24, 2.45) is 0 Å². The number of ether oxygens (including phenoxy) is 2. The third-order valence-corrected chi connectivity index (χ3v) is 6.11. The van der Waals surface area contributed by atoms with E-state index in [1.807, 2.05) is 38.1 Å². The van der Waals surface area contributed by atoms with Gasteiger partial charge in [-0.1, -0.05) is 45.4 Å². The van der Waals surface area contributed by atoms with E-state index >= 15 is 0 Å². The molecular weight excluding hydrogens is 451 g/mol. The highest BCUT2D eigenvalue weighted by molar-refractivity contribution is 7.41. The van der Waals surface area contributed by atoms with E-state index in [9.17, 15) is 9.69 Å². The molecule has 0 bridgehead atoms. The molecule has 0 fully saturated rings. The van der Waals surface area contributed by atoms with Crippen molar-refractivity contribution < 1.29 is 28.2 Å². The molecule has 0 aliphatic carbocycles. The van der Waals surface area contributed by atoms with Crippen LogP contribution in [0.2, 0.25) is 0 Å². The van der Waals surface area contributed by atoms with Crippen molar-refractivity contribution >= 4 is 14.4 Å². The predicted octanol–water partition coefficient (Wildman–Crippen LogP) is 6.69.